The highest BCUT2D eigenvalue weighted by Gasteiger charge is 2.17. The summed E-state index contributed by atoms with van der Waals surface area (Å²) in [6, 6.07) is 9.45. The molecule has 2 rings (SSSR count). The number of amides is 1. The van der Waals surface area contributed by atoms with Crippen molar-refractivity contribution in [2.45, 2.75) is 24.6 Å². The van der Waals surface area contributed by atoms with Crippen molar-refractivity contribution in [2.24, 2.45) is 0 Å². The first-order valence-electron chi connectivity index (χ1n) is 6.75. The fraction of sp³-hybridized carbons (Fsp3) is 0.200. The maximum atomic E-state index is 12.4. The molecule has 122 valence electrons. The Morgan fingerprint density at radius 2 is 1.87 bits per heavy atom. The van der Waals surface area contributed by atoms with Gasteiger partial charge in [-0.1, -0.05) is 12.1 Å². The summed E-state index contributed by atoms with van der Waals surface area (Å²) in [4.78, 5) is 23.0. The number of benzene rings is 1. The number of carbonyl (C=O) groups excluding carboxylic acids is 2. The van der Waals surface area contributed by atoms with Crippen molar-refractivity contribution in [3.63, 3.8) is 0 Å². The van der Waals surface area contributed by atoms with E-state index in [9.17, 15) is 18.0 Å². The molecule has 1 aromatic heterocycles. The number of ketones is 1. The summed E-state index contributed by atoms with van der Waals surface area (Å²) in [7, 11) is -3.73. The van der Waals surface area contributed by atoms with Gasteiger partial charge in [-0.2, -0.15) is 0 Å². The van der Waals surface area contributed by atoms with Crippen molar-refractivity contribution < 1.29 is 18.0 Å². The Hall–Kier alpha value is -2.19. The van der Waals surface area contributed by atoms with Crippen LogP contribution in [-0.4, -0.2) is 20.1 Å². The summed E-state index contributed by atoms with van der Waals surface area (Å²) in [5.41, 5.74) is 0.761. The number of thiophene rings is 1. The molecule has 2 N–H and O–H groups in total. The van der Waals surface area contributed by atoms with E-state index in [1.165, 1.54) is 26.0 Å². The molecular formula is C15H16N2O4S2. The predicted molar refractivity (Wildman–Crippen MR) is 89.1 cm³/mol. The van der Waals surface area contributed by atoms with Crippen molar-refractivity contribution >= 4 is 38.7 Å². The lowest BCUT2D eigenvalue weighted by molar-refractivity contribution is -0.119. The number of sulfonamides is 1. The van der Waals surface area contributed by atoms with E-state index >= 15 is 0 Å². The second-order valence-electron chi connectivity index (χ2n) is 4.87. The molecule has 0 saturated carbocycles. The molecule has 0 unspecified atom stereocenters. The standard InChI is InChI=1S/C15H16N2O4S2/c1-10(18)12-4-3-5-13(8-12)17-23(20,21)15-7-6-14(22-15)9-16-11(2)19/h3-8,17H,9H2,1-2H3,(H,16,19). The molecule has 0 aliphatic carbocycles. The van der Waals surface area contributed by atoms with Crippen LogP contribution in [0.1, 0.15) is 29.1 Å². The van der Waals surface area contributed by atoms with Crippen LogP contribution in [0.5, 0.6) is 0 Å². The van der Waals surface area contributed by atoms with Crippen molar-refractivity contribution in [3.8, 4) is 0 Å². The van der Waals surface area contributed by atoms with Gasteiger partial charge in [0.15, 0.2) is 5.78 Å². The molecule has 0 saturated heterocycles. The van der Waals surface area contributed by atoms with Gasteiger partial charge in [-0.05, 0) is 31.2 Å². The zero-order valence-corrected chi connectivity index (χ0v) is 14.3. The van der Waals surface area contributed by atoms with Gasteiger partial charge in [0.1, 0.15) is 4.21 Å². The highest BCUT2D eigenvalue weighted by atomic mass is 32.2. The predicted octanol–water partition coefficient (Wildman–Crippen LogP) is 2.39. The van der Waals surface area contributed by atoms with Crippen molar-refractivity contribution in [3.05, 3.63) is 46.8 Å². The number of Topliss-reactive ketones (excluding diaryl/α,β-unsaturated/α-hetero) is 1. The molecule has 6 nitrogen and oxygen atoms in total. The number of anilines is 1. The largest absolute Gasteiger partial charge is 0.351 e. The van der Waals surface area contributed by atoms with Crippen molar-refractivity contribution in [2.75, 3.05) is 4.72 Å². The molecule has 8 heteroatoms. The highest BCUT2D eigenvalue weighted by molar-refractivity contribution is 7.94. The molecule has 0 fully saturated rings. The Kier molecular flexibility index (Phi) is 5.17. The summed E-state index contributed by atoms with van der Waals surface area (Å²) in [5, 5.41) is 2.61. The van der Waals surface area contributed by atoms with Crippen LogP contribution >= 0.6 is 11.3 Å². The van der Waals surface area contributed by atoms with E-state index in [1.54, 1.807) is 24.3 Å². The average Bonchev–Trinajstić information content (AvgIpc) is 2.94. The molecule has 0 bridgehead atoms. The van der Waals surface area contributed by atoms with Crippen LogP contribution in [0.15, 0.2) is 40.6 Å². The van der Waals surface area contributed by atoms with E-state index in [4.69, 9.17) is 0 Å². The van der Waals surface area contributed by atoms with Crippen LogP contribution < -0.4 is 10.0 Å². The zero-order chi connectivity index (χ0) is 17.0. The molecule has 0 aliphatic heterocycles. The molecule has 0 atom stereocenters. The monoisotopic (exact) mass is 352 g/mol. The second kappa shape index (κ2) is 6.93. The number of rotatable bonds is 6. The van der Waals surface area contributed by atoms with Gasteiger partial charge in [-0.3, -0.25) is 14.3 Å². The lowest BCUT2D eigenvalue weighted by Crippen LogP contribution is -2.18. The van der Waals surface area contributed by atoms with Gasteiger partial charge in [0.25, 0.3) is 10.0 Å². The maximum Gasteiger partial charge on any atom is 0.271 e. The first kappa shape index (κ1) is 17.2. The SMILES string of the molecule is CC(=O)NCc1ccc(S(=O)(=O)Nc2cccc(C(C)=O)c2)s1. The minimum Gasteiger partial charge on any atom is -0.351 e. The number of hydrogen-bond acceptors (Lipinski definition) is 5. The first-order valence-corrected chi connectivity index (χ1v) is 9.05. The van der Waals surface area contributed by atoms with E-state index < -0.39 is 10.0 Å². The Bertz CT molecular complexity index is 841. The van der Waals surface area contributed by atoms with E-state index in [0.717, 1.165) is 16.2 Å². The Morgan fingerprint density at radius 3 is 2.52 bits per heavy atom. The second-order valence-corrected chi connectivity index (χ2v) is 7.95. The lowest BCUT2D eigenvalue weighted by Gasteiger charge is -2.07. The molecule has 0 spiro atoms. The van der Waals surface area contributed by atoms with Gasteiger partial charge in [-0.25, -0.2) is 8.42 Å². The Labute approximate surface area is 138 Å². The Balaban J connectivity index is 2.17. The van der Waals surface area contributed by atoms with Crippen LogP contribution in [0.4, 0.5) is 5.69 Å². The van der Waals surface area contributed by atoms with E-state index in [-0.39, 0.29) is 22.4 Å². The Morgan fingerprint density at radius 1 is 1.13 bits per heavy atom. The molecule has 1 aromatic carbocycles. The third-order valence-electron chi connectivity index (χ3n) is 2.93. The normalized spacial score (nSPS) is 11.0. The van der Waals surface area contributed by atoms with Crippen LogP contribution in [-0.2, 0) is 21.4 Å². The third kappa shape index (κ3) is 4.64. The first-order chi connectivity index (χ1) is 10.8. The smallest absolute Gasteiger partial charge is 0.271 e. The van der Waals surface area contributed by atoms with Gasteiger partial charge in [0, 0.05) is 23.1 Å². The molecule has 2 aromatic rings. The van der Waals surface area contributed by atoms with Gasteiger partial charge >= 0.3 is 0 Å². The third-order valence-corrected chi connectivity index (χ3v) is 5.89. The van der Waals surface area contributed by atoms with Crippen LogP contribution in [0.2, 0.25) is 0 Å². The number of hydrogen-bond donors (Lipinski definition) is 2. The lowest BCUT2D eigenvalue weighted by atomic mass is 10.1. The van der Waals surface area contributed by atoms with Crippen molar-refractivity contribution in [1.29, 1.82) is 0 Å². The van der Waals surface area contributed by atoms with Crippen LogP contribution in [0.25, 0.3) is 0 Å². The summed E-state index contributed by atoms with van der Waals surface area (Å²) in [5.74, 6) is -0.318. The fourth-order valence-electron chi connectivity index (χ4n) is 1.82. The summed E-state index contributed by atoms with van der Waals surface area (Å²) < 4.78 is 27.3. The fourth-order valence-corrected chi connectivity index (χ4v) is 4.16. The minimum atomic E-state index is -3.73. The maximum absolute atomic E-state index is 12.4. The molecule has 1 heterocycles. The van der Waals surface area contributed by atoms with E-state index in [0.29, 0.717) is 11.3 Å². The molecular weight excluding hydrogens is 336 g/mol. The summed E-state index contributed by atoms with van der Waals surface area (Å²) in [6.45, 7) is 3.10. The zero-order valence-electron chi connectivity index (χ0n) is 12.6. The molecule has 1 amide bonds. The summed E-state index contributed by atoms with van der Waals surface area (Å²) >= 11 is 1.08. The summed E-state index contributed by atoms with van der Waals surface area (Å²) in [6.07, 6.45) is 0. The number of carbonyl (C=O) groups is 2. The quantitative estimate of drug-likeness (QED) is 0.781. The van der Waals surface area contributed by atoms with Crippen molar-refractivity contribution in [1.82, 2.24) is 5.32 Å². The van der Waals surface area contributed by atoms with Gasteiger partial charge in [0.05, 0.1) is 6.54 Å². The molecule has 0 radical (unpaired) electrons. The van der Waals surface area contributed by atoms with Gasteiger partial charge in [-0.15, -0.1) is 11.3 Å². The van der Waals surface area contributed by atoms with Crippen LogP contribution in [0, 0.1) is 0 Å². The van der Waals surface area contributed by atoms with E-state index in [1.807, 2.05) is 0 Å². The van der Waals surface area contributed by atoms with Gasteiger partial charge in [0.2, 0.25) is 5.91 Å². The van der Waals surface area contributed by atoms with Gasteiger partial charge < -0.3 is 5.32 Å². The topological polar surface area (TPSA) is 92.3 Å². The van der Waals surface area contributed by atoms with Crippen LogP contribution in [0.3, 0.4) is 0 Å². The number of nitrogens with one attached hydrogen (secondary N) is 2. The van der Waals surface area contributed by atoms with E-state index in [2.05, 4.69) is 10.0 Å². The molecule has 0 aliphatic rings. The minimum absolute atomic E-state index is 0.139. The highest BCUT2D eigenvalue weighted by Crippen LogP contribution is 2.24. The molecule has 23 heavy (non-hydrogen) atoms. The average molecular weight is 352 g/mol.